The van der Waals surface area contributed by atoms with Crippen molar-refractivity contribution in [3.8, 4) is 62.1 Å². The molecule has 2 aromatic heterocycles. The van der Waals surface area contributed by atoms with Gasteiger partial charge >= 0.3 is 0 Å². The van der Waals surface area contributed by atoms with Crippen molar-refractivity contribution in [1.82, 2.24) is 19.5 Å². The molecular formula is C52H32N4. The molecule has 0 saturated heterocycles. The maximum atomic E-state index is 5.18. The Balaban J connectivity index is 1.12. The highest BCUT2D eigenvalue weighted by Crippen LogP contribution is 2.63. The quantitative estimate of drug-likeness (QED) is 0.182. The molecule has 4 heteroatoms. The van der Waals surface area contributed by atoms with Gasteiger partial charge in [-0.2, -0.15) is 9.97 Å². The molecule has 0 N–H and O–H groups in total. The number of para-hydroxylation sites is 1. The smallest absolute Gasteiger partial charge is 0.238 e. The third-order valence-electron chi connectivity index (χ3n) is 11.9. The summed E-state index contributed by atoms with van der Waals surface area (Å²) in [6.45, 7) is 0. The summed E-state index contributed by atoms with van der Waals surface area (Å²) in [4.78, 5) is 15.3. The SMILES string of the molecule is c1ccc(-c2nc(-c3ccccc3)nc(-n3c4ccccc4c4c(-c5ccc6c(c5)C5(c7ccccc7-c7ccccc75)c5ccccc5-6)cccc43)n2)cc1. The zero-order chi connectivity index (χ0) is 36.8. The zero-order valence-corrected chi connectivity index (χ0v) is 30.3. The van der Waals surface area contributed by atoms with Crippen LogP contribution in [0.3, 0.4) is 0 Å². The van der Waals surface area contributed by atoms with Crippen LogP contribution in [0.25, 0.3) is 83.9 Å². The van der Waals surface area contributed by atoms with E-state index >= 15 is 0 Å². The second-order valence-electron chi connectivity index (χ2n) is 14.7. The van der Waals surface area contributed by atoms with E-state index in [2.05, 4.69) is 162 Å². The minimum Gasteiger partial charge on any atom is -0.278 e. The van der Waals surface area contributed by atoms with Crippen LogP contribution in [0, 0.1) is 0 Å². The summed E-state index contributed by atoms with van der Waals surface area (Å²) in [5.41, 5.74) is 16.5. The monoisotopic (exact) mass is 712 g/mol. The summed E-state index contributed by atoms with van der Waals surface area (Å²) in [5.74, 6) is 1.86. The van der Waals surface area contributed by atoms with Crippen molar-refractivity contribution in [2.24, 2.45) is 0 Å². The first kappa shape index (κ1) is 31.0. The third kappa shape index (κ3) is 4.21. The Morgan fingerprint density at radius 1 is 0.339 bits per heavy atom. The third-order valence-corrected chi connectivity index (χ3v) is 11.9. The average molecular weight is 713 g/mol. The largest absolute Gasteiger partial charge is 0.278 e. The van der Waals surface area contributed by atoms with Crippen LogP contribution in [-0.2, 0) is 5.41 Å². The van der Waals surface area contributed by atoms with Crippen molar-refractivity contribution in [3.05, 3.63) is 216 Å². The van der Waals surface area contributed by atoms with Gasteiger partial charge in [0.25, 0.3) is 0 Å². The van der Waals surface area contributed by atoms with Gasteiger partial charge in [-0.3, -0.25) is 4.57 Å². The number of rotatable bonds is 4. The zero-order valence-electron chi connectivity index (χ0n) is 30.3. The summed E-state index contributed by atoms with van der Waals surface area (Å²) in [5, 5.41) is 2.32. The van der Waals surface area contributed by atoms with E-state index in [-0.39, 0.29) is 0 Å². The molecule has 0 atom stereocenters. The molecule has 0 radical (unpaired) electrons. The molecule has 2 heterocycles. The topological polar surface area (TPSA) is 43.6 Å². The number of benzene rings is 8. The molecule has 1 spiro atoms. The Labute approximate surface area is 324 Å². The van der Waals surface area contributed by atoms with Gasteiger partial charge < -0.3 is 0 Å². The molecule has 260 valence electrons. The molecule has 4 nitrogen and oxygen atoms in total. The van der Waals surface area contributed by atoms with Crippen molar-refractivity contribution in [3.63, 3.8) is 0 Å². The summed E-state index contributed by atoms with van der Waals surface area (Å²) < 4.78 is 2.21. The van der Waals surface area contributed by atoms with Crippen LogP contribution < -0.4 is 0 Å². The molecule has 2 aliphatic rings. The number of fused-ring (bicyclic) bond motifs is 13. The number of hydrogen-bond acceptors (Lipinski definition) is 3. The Morgan fingerprint density at radius 3 is 1.43 bits per heavy atom. The van der Waals surface area contributed by atoms with Crippen molar-refractivity contribution >= 4 is 21.8 Å². The summed E-state index contributed by atoms with van der Waals surface area (Å²) in [7, 11) is 0. The number of aromatic nitrogens is 4. The van der Waals surface area contributed by atoms with Crippen LogP contribution in [0.5, 0.6) is 0 Å². The van der Waals surface area contributed by atoms with Gasteiger partial charge in [-0.1, -0.05) is 176 Å². The lowest BCUT2D eigenvalue weighted by molar-refractivity contribution is 0.794. The van der Waals surface area contributed by atoms with Gasteiger partial charge in [-0.15, -0.1) is 0 Å². The van der Waals surface area contributed by atoms with E-state index in [1.165, 1.54) is 61.0 Å². The van der Waals surface area contributed by atoms with Crippen molar-refractivity contribution in [1.29, 1.82) is 0 Å². The lowest BCUT2D eigenvalue weighted by Gasteiger charge is -2.30. The lowest BCUT2D eigenvalue weighted by Crippen LogP contribution is -2.25. The van der Waals surface area contributed by atoms with E-state index in [4.69, 9.17) is 15.0 Å². The first-order valence-electron chi connectivity index (χ1n) is 19.1. The Hall–Kier alpha value is -7.43. The summed E-state index contributed by atoms with van der Waals surface area (Å²) >= 11 is 0. The molecule has 0 saturated carbocycles. The molecule has 0 bridgehead atoms. The molecule has 0 amide bonds. The Bertz CT molecular complexity index is 3080. The van der Waals surface area contributed by atoms with Gasteiger partial charge in [0.05, 0.1) is 16.4 Å². The van der Waals surface area contributed by atoms with E-state index < -0.39 is 5.41 Å². The van der Waals surface area contributed by atoms with Gasteiger partial charge in [0.1, 0.15) is 0 Å². The van der Waals surface area contributed by atoms with Gasteiger partial charge in [-0.25, -0.2) is 4.98 Å². The lowest BCUT2D eigenvalue weighted by atomic mass is 9.70. The predicted octanol–water partition coefficient (Wildman–Crippen LogP) is 12.3. The predicted molar refractivity (Wildman–Crippen MR) is 227 cm³/mol. The molecule has 0 unspecified atom stereocenters. The summed E-state index contributed by atoms with van der Waals surface area (Å²) in [6.07, 6.45) is 0. The minimum atomic E-state index is -0.413. The van der Waals surface area contributed by atoms with E-state index in [0.717, 1.165) is 27.5 Å². The molecular weight excluding hydrogens is 681 g/mol. The molecule has 0 fully saturated rings. The highest BCUT2D eigenvalue weighted by molar-refractivity contribution is 6.16. The van der Waals surface area contributed by atoms with Crippen molar-refractivity contribution in [2.45, 2.75) is 5.41 Å². The van der Waals surface area contributed by atoms with Gasteiger partial charge in [0, 0.05) is 21.9 Å². The van der Waals surface area contributed by atoms with Crippen LogP contribution in [-0.4, -0.2) is 19.5 Å². The molecule has 8 aromatic carbocycles. The molecule has 10 aromatic rings. The van der Waals surface area contributed by atoms with Crippen LogP contribution in [0.4, 0.5) is 0 Å². The Morgan fingerprint density at radius 2 is 0.821 bits per heavy atom. The molecule has 2 aliphatic carbocycles. The minimum absolute atomic E-state index is 0.413. The Kier molecular flexibility index (Phi) is 6.52. The van der Waals surface area contributed by atoms with E-state index in [1.54, 1.807) is 0 Å². The van der Waals surface area contributed by atoms with E-state index in [0.29, 0.717) is 17.6 Å². The van der Waals surface area contributed by atoms with E-state index in [1.807, 2.05) is 36.4 Å². The normalized spacial score (nSPS) is 13.1. The average Bonchev–Trinajstić information content (AvgIpc) is 3.89. The van der Waals surface area contributed by atoms with Gasteiger partial charge in [0.15, 0.2) is 11.6 Å². The standard InChI is InChI=1S/C52H32N4/c1-3-16-33(17-4-1)49-53-50(34-18-5-2-6-19-34)55-51(54-49)56-46-28-14-10-23-41(46)48-36(24-15-29-47(48)56)35-30-31-40-39-22-9-13-27-44(39)52(45(40)32-35)42-25-11-7-20-37(42)38-21-8-12-26-43(38)52/h1-32H. The first-order chi connectivity index (χ1) is 27.8. The van der Waals surface area contributed by atoms with Gasteiger partial charge in [-0.05, 0) is 73.8 Å². The molecule has 56 heavy (non-hydrogen) atoms. The fourth-order valence-corrected chi connectivity index (χ4v) is 9.64. The van der Waals surface area contributed by atoms with Crippen molar-refractivity contribution < 1.29 is 0 Å². The maximum Gasteiger partial charge on any atom is 0.238 e. The van der Waals surface area contributed by atoms with Gasteiger partial charge in [0.2, 0.25) is 5.95 Å². The number of nitrogens with zero attached hydrogens (tertiary/aromatic N) is 4. The maximum absolute atomic E-state index is 5.18. The van der Waals surface area contributed by atoms with E-state index in [9.17, 15) is 0 Å². The van der Waals surface area contributed by atoms with Crippen LogP contribution in [0.2, 0.25) is 0 Å². The highest BCUT2D eigenvalue weighted by atomic mass is 15.2. The second kappa shape index (κ2) is 11.8. The van der Waals surface area contributed by atoms with Crippen LogP contribution >= 0.6 is 0 Å². The molecule has 12 rings (SSSR count). The highest BCUT2D eigenvalue weighted by Gasteiger charge is 2.51. The van der Waals surface area contributed by atoms with Crippen molar-refractivity contribution in [2.75, 3.05) is 0 Å². The molecule has 0 aliphatic heterocycles. The first-order valence-corrected chi connectivity index (χ1v) is 19.1. The number of hydrogen-bond donors (Lipinski definition) is 0. The fraction of sp³-hybridized carbons (Fsp3) is 0.0192. The second-order valence-corrected chi connectivity index (χ2v) is 14.7. The summed E-state index contributed by atoms with van der Waals surface area (Å²) in [6, 6.07) is 69.7. The van der Waals surface area contributed by atoms with Crippen LogP contribution in [0.1, 0.15) is 22.3 Å². The fourth-order valence-electron chi connectivity index (χ4n) is 9.64. The van der Waals surface area contributed by atoms with Crippen LogP contribution in [0.15, 0.2) is 194 Å².